The molecule has 0 heterocycles. The molecule has 84 valence electrons. The van der Waals surface area contributed by atoms with Gasteiger partial charge in [0.25, 0.3) is 0 Å². The highest BCUT2D eigenvalue weighted by Crippen LogP contribution is 2.22. The van der Waals surface area contributed by atoms with Crippen LogP contribution in [-0.2, 0) is 0 Å². The molecule has 1 saturated carbocycles. The van der Waals surface area contributed by atoms with Gasteiger partial charge in [0.15, 0.2) is 0 Å². The van der Waals surface area contributed by atoms with Crippen molar-refractivity contribution in [3.63, 3.8) is 0 Å². The first-order chi connectivity index (χ1) is 6.66. The van der Waals surface area contributed by atoms with Crippen molar-refractivity contribution in [2.75, 3.05) is 6.54 Å². The van der Waals surface area contributed by atoms with Crippen LogP contribution in [-0.4, -0.2) is 29.6 Å². The Morgan fingerprint density at radius 1 is 1.21 bits per heavy atom. The van der Waals surface area contributed by atoms with Gasteiger partial charge in [-0.2, -0.15) is 0 Å². The van der Waals surface area contributed by atoms with Crippen LogP contribution in [0.4, 0.5) is 0 Å². The molecule has 1 aliphatic rings. The fraction of sp³-hybridized carbons (Fsp3) is 1.00. The summed E-state index contributed by atoms with van der Waals surface area (Å²) < 4.78 is 0. The molecule has 0 aromatic heterocycles. The standard InChI is InChI=1S/C12H26N2/c1-4-14(10(2)3)12-9-7-5-6-8-11(12)13/h10-12H,4-9,13H2,1-3H3. The van der Waals surface area contributed by atoms with E-state index in [1.54, 1.807) is 0 Å². The lowest BCUT2D eigenvalue weighted by atomic mass is 10.0. The largest absolute Gasteiger partial charge is 0.326 e. The van der Waals surface area contributed by atoms with Crippen LogP contribution >= 0.6 is 0 Å². The van der Waals surface area contributed by atoms with E-state index in [-0.39, 0.29) is 0 Å². The van der Waals surface area contributed by atoms with Gasteiger partial charge in [-0.25, -0.2) is 0 Å². The van der Waals surface area contributed by atoms with Crippen molar-refractivity contribution in [1.29, 1.82) is 0 Å². The quantitative estimate of drug-likeness (QED) is 0.705. The predicted molar refractivity (Wildman–Crippen MR) is 62.4 cm³/mol. The summed E-state index contributed by atoms with van der Waals surface area (Å²) in [4.78, 5) is 2.57. The minimum Gasteiger partial charge on any atom is -0.326 e. The number of nitrogens with zero attached hydrogens (tertiary/aromatic N) is 1. The number of rotatable bonds is 3. The Labute approximate surface area is 88.8 Å². The van der Waals surface area contributed by atoms with Crippen LogP contribution < -0.4 is 5.73 Å². The lowest BCUT2D eigenvalue weighted by Crippen LogP contribution is -2.50. The average Bonchev–Trinajstić information content (AvgIpc) is 2.33. The van der Waals surface area contributed by atoms with Gasteiger partial charge in [0.2, 0.25) is 0 Å². The summed E-state index contributed by atoms with van der Waals surface area (Å²) in [5.41, 5.74) is 6.25. The van der Waals surface area contributed by atoms with Crippen molar-refractivity contribution in [1.82, 2.24) is 4.90 Å². The molecule has 0 amide bonds. The van der Waals surface area contributed by atoms with Gasteiger partial charge in [-0.1, -0.05) is 26.2 Å². The fourth-order valence-electron chi connectivity index (χ4n) is 2.71. The van der Waals surface area contributed by atoms with E-state index >= 15 is 0 Å². The minimum absolute atomic E-state index is 0.403. The third-order valence-corrected chi connectivity index (χ3v) is 3.49. The zero-order valence-corrected chi connectivity index (χ0v) is 10.00. The van der Waals surface area contributed by atoms with E-state index in [1.807, 2.05) is 0 Å². The van der Waals surface area contributed by atoms with Gasteiger partial charge in [0, 0.05) is 18.1 Å². The van der Waals surface area contributed by atoms with E-state index < -0.39 is 0 Å². The van der Waals surface area contributed by atoms with E-state index in [4.69, 9.17) is 5.73 Å². The molecule has 2 nitrogen and oxygen atoms in total. The topological polar surface area (TPSA) is 29.3 Å². The first-order valence-electron chi connectivity index (χ1n) is 6.18. The van der Waals surface area contributed by atoms with Gasteiger partial charge in [-0.15, -0.1) is 0 Å². The predicted octanol–water partition coefficient (Wildman–Crippen LogP) is 2.38. The molecular weight excluding hydrogens is 172 g/mol. The molecule has 0 bridgehead atoms. The number of hydrogen-bond acceptors (Lipinski definition) is 2. The van der Waals surface area contributed by atoms with Crippen LogP contribution in [0.2, 0.25) is 0 Å². The van der Waals surface area contributed by atoms with Gasteiger partial charge in [0.05, 0.1) is 0 Å². The zero-order valence-electron chi connectivity index (χ0n) is 10.00. The Kier molecular flexibility index (Phi) is 4.90. The maximum atomic E-state index is 6.25. The van der Waals surface area contributed by atoms with Crippen molar-refractivity contribution < 1.29 is 0 Å². The van der Waals surface area contributed by atoms with Gasteiger partial charge in [-0.05, 0) is 33.2 Å². The second-order valence-corrected chi connectivity index (χ2v) is 4.79. The van der Waals surface area contributed by atoms with Crippen molar-refractivity contribution in [2.24, 2.45) is 5.73 Å². The summed E-state index contributed by atoms with van der Waals surface area (Å²) in [5.74, 6) is 0. The summed E-state index contributed by atoms with van der Waals surface area (Å²) in [7, 11) is 0. The van der Waals surface area contributed by atoms with Gasteiger partial charge >= 0.3 is 0 Å². The Morgan fingerprint density at radius 2 is 1.86 bits per heavy atom. The van der Waals surface area contributed by atoms with Crippen LogP contribution in [0.25, 0.3) is 0 Å². The molecule has 2 atom stereocenters. The second-order valence-electron chi connectivity index (χ2n) is 4.79. The monoisotopic (exact) mass is 198 g/mol. The van der Waals surface area contributed by atoms with Crippen LogP contribution in [0.3, 0.4) is 0 Å². The van der Waals surface area contributed by atoms with Gasteiger partial charge in [0.1, 0.15) is 0 Å². The van der Waals surface area contributed by atoms with E-state index in [0.29, 0.717) is 18.1 Å². The van der Waals surface area contributed by atoms with Crippen LogP contribution in [0.5, 0.6) is 0 Å². The molecule has 2 heteroatoms. The van der Waals surface area contributed by atoms with E-state index in [1.165, 1.54) is 32.1 Å². The second kappa shape index (κ2) is 5.72. The van der Waals surface area contributed by atoms with Crippen LogP contribution in [0.1, 0.15) is 52.9 Å². The maximum Gasteiger partial charge on any atom is 0.0249 e. The Balaban J connectivity index is 2.60. The summed E-state index contributed by atoms with van der Waals surface area (Å²) >= 11 is 0. The summed E-state index contributed by atoms with van der Waals surface area (Å²) in [5, 5.41) is 0. The highest BCUT2D eigenvalue weighted by molar-refractivity contribution is 4.85. The fourth-order valence-corrected chi connectivity index (χ4v) is 2.71. The molecule has 0 radical (unpaired) electrons. The average molecular weight is 198 g/mol. The third kappa shape index (κ3) is 2.96. The van der Waals surface area contributed by atoms with Crippen LogP contribution in [0.15, 0.2) is 0 Å². The number of nitrogens with two attached hydrogens (primary N) is 1. The Morgan fingerprint density at radius 3 is 2.43 bits per heavy atom. The van der Waals surface area contributed by atoms with Gasteiger partial charge < -0.3 is 5.73 Å². The third-order valence-electron chi connectivity index (χ3n) is 3.49. The molecule has 0 aromatic carbocycles. The van der Waals surface area contributed by atoms with Gasteiger partial charge in [-0.3, -0.25) is 4.90 Å². The van der Waals surface area contributed by atoms with Crippen molar-refractivity contribution in [3.05, 3.63) is 0 Å². The Hall–Kier alpha value is -0.0800. The molecule has 2 unspecified atom stereocenters. The molecule has 1 aliphatic carbocycles. The summed E-state index contributed by atoms with van der Waals surface area (Å²) in [6, 6.07) is 1.66. The SMILES string of the molecule is CCN(C(C)C)C1CCCCCC1N. The molecule has 1 fully saturated rings. The zero-order chi connectivity index (χ0) is 10.6. The molecule has 0 aliphatic heterocycles. The molecule has 2 N–H and O–H groups in total. The van der Waals surface area contributed by atoms with E-state index in [0.717, 1.165) is 6.54 Å². The summed E-state index contributed by atoms with van der Waals surface area (Å²) in [6.45, 7) is 7.94. The molecule has 0 aromatic rings. The Bertz CT molecular complexity index is 156. The molecule has 14 heavy (non-hydrogen) atoms. The normalized spacial score (nSPS) is 29.6. The highest BCUT2D eigenvalue weighted by Gasteiger charge is 2.26. The number of likely N-dealkylation sites (N-methyl/N-ethyl adjacent to an activating group) is 1. The molecule has 0 saturated heterocycles. The first-order valence-corrected chi connectivity index (χ1v) is 6.18. The van der Waals surface area contributed by atoms with Crippen LogP contribution in [0, 0.1) is 0 Å². The lowest BCUT2D eigenvalue weighted by Gasteiger charge is -2.36. The molecule has 1 rings (SSSR count). The minimum atomic E-state index is 0.403. The van der Waals surface area contributed by atoms with Crippen molar-refractivity contribution in [3.8, 4) is 0 Å². The van der Waals surface area contributed by atoms with E-state index in [2.05, 4.69) is 25.7 Å². The molecule has 0 spiro atoms. The first kappa shape index (κ1) is 12.0. The highest BCUT2D eigenvalue weighted by atomic mass is 15.2. The van der Waals surface area contributed by atoms with E-state index in [9.17, 15) is 0 Å². The lowest BCUT2D eigenvalue weighted by molar-refractivity contribution is 0.133. The summed E-state index contributed by atoms with van der Waals surface area (Å²) in [6.07, 6.45) is 6.58. The maximum absolute atomic E-state index is 6.25. The van der Waals surface area contributed by atoms with Crippen molar-refractivity contribution >= 4 is 0 Å². The molecular formula is C12H26N2. The smallest absolute Gasteiger partial charge is 0.0249 e. The number of hydrogen-bond donors (Lipinski definition) is 1. The van der Waals surface area contributed by atoms with Crippen molar-refractivity contribution in [2.45, 2.75) is 71.0 Å².